The number of hydrogen-bond donors (Lipinski definition) is 2. The van der Waals surface area contributed by atoms with E-state index in [1.54, 1.807) is 19.0 Å². The highest BCUT2D eigenvalue weighted by atomic mass is 16.5. The Kier molecular flexibility index (Phi) is 10.3. The number of guanidine groups is 1. The van der Waals surface area contributed by atoms with Gasteiger partial charge in [-0.3, -0.25) is 9.79 Å². The van der Waals surface area contributed by atoms with E-state index in [2.05, 4.69) is 34.7 Å². The van der Waals surface area contributed by atoms with Gasteiger partial charge in [0.05, 0.1) is 13.2 Å². The molecule has 140 valence electrons. The van der Waals surface area contributed by atoms with Crippen LogP contribution in [0.3, 0.4) is 0 Å². The monoisotopic (exact) mass is 348 g/mol. The van der Waals surface area contributed by atoms with Crippen LogP contribution in [0.25, 0.3) is 0 Å². The zero-order chi connectivity index (χ0) is 18.5. The van der Waals surface area contributed by atoms with Crippen molar-refractivity contribution in [2.75, 3.05) is 40.3 Å². The Bertz CT molecular complexity index is 517. The minimum absolute atomic E-state index is 0.103. The number of carbonyl (C=O) groups is 1. The van der Waals surface area contributed by atoms with Gasteiger partial charge in [0.15, 0.2) is 5.96 Å². The van der Waals surface area contributed by atoms with E-state index in [1.165, 1.54) is 5.56 Å². The topological polar surface area (TPSA) is 66.0 Å². The number of rotatable bonds is 10. The SMILES string of the molecule is CCNC(=NCC(C)COCc1ccccc1)NCCC(=O)N(C)C. The fourth-order valence-electron chi connectivity index (χ4n) is 2.11. The lowest BCUT2D eigenvalue weighted by atomic mass is 10.2. The van der Waals surface area contributed by atoms with Crippen LogP contribution in [-0.4, -0.2) is 57.1 Å². The number of ether oxygens (including phenoxy) is 1. The number of hydrogen-bond acceptors (Lipinski definition) is 3. The minimum Gasteiger partial charge on any atom is -0.376 e. The average Bonchev–Trinajstić information content (AvgIpc) is 2.60. The number of amides is 1. The molecule has 0 aliphatic heterocycles. The van der Waals surface area contributed by atoms with Crippen LogP contribution in [0.4, 0.5) is 0 Å². The molecule has 1 atom stereocenters. The lowest BCUT2D eigenvalue weighted by molar-refractivity contribution is -0.128. The van der Waals surface area contributed by atoms with Gasteiger partial charge in [0, 0.05) is 40.2 Å². The summed E-state index contributed by atoms with van der Waals surface area (Å²) in [5, 5.41) is 6.39. The molecule has 0 bridgehead atoms. The van der Waals surface area contributed by atoms with Gasteiger partial charge in [0.1, 0.15) is 0 Å². The van der Waals surface area contributed by atoms with Crippen molar-refractivity contribution in [3.05, 3.63) is 35.9 Å². The summed E-state index contributed by atoms with van der Waals surface area (Å²) in [6, 6.07) is 10.2. The van der Waals surface area contributed by atoms with E-state index in [-0.39, 0.29) is 5.91 Å². The van der Waals surface area contributed by atoms with Gasteiger partial charge in [-0.1, -0.05) is 37.3 Å². The van der Waals surface area contributed by atoms with Crippen molar-refractivity contribution in [3.63, 3.8) is 0 Å². The van der Waals surface area contributed by atoms with Crippen LogP contribution in [0.5, 0.6) is 0 Å². The van der Waals surface area contributed by atoms with E-state index in [0.717, 1.165) is 12.5 Å². The largest absolute Gasteiger partial charge is 0.376 e. The molecule has 0 saturated heterocycles. The molecule has 6 nitrogen and oxygen atoms in total. The van der Waals surface area contributed by atoms with E-state index >= 15 is 0 Å². The van der Waals surface area contributed by atoms with Crippen LogP contribution in [0.2, 0.25) is 0 Å². The Morgan fingerprint density at radius 1 is 1.24 bits per heavy atom. The molecule has 0 spiro atoms. The number of benzene rings is 1. The summed E-state index contributed by atoms with van der Waals surface area (Å²) in [4.78, 5) is 17.8. The molecule has 0 aliphatic carbocycles. The number of aliphatic imine (C=N–C) groups is 1. The second-order valence-corrected chi connectivity index (χ2v) is 6.29. The quantitative estimate of drug-likeness (QED) is 0.500. The average molecular weight is 348 g/mol. The third-order valence-corrected chi connectivity index (χ3v) is 3.55. The Hall–Kier alpha value is -2.08. The highest BCUT2D eigenvalue weighted by Gasteiger charge is 2.06. The molecule has 0 heterocycles. The number of nitrogens with zero attached hydrogens (tertiary/aromatic N) is 2. The molecule has 0 radical (unpaired) electrons. The Morgan fingerprint density at radius 3 is 2.60 bits per heavy atom. The van der Waals surface area contributed by atoms with E-state index in [1.807, 2.05) is 25.1 Å². The molecule has 0 aromatic heterocycles. The first-order chi connectivity index (χ1) is 12.0. The molecular formula is C19H32N4O2. The van der Waals surface area contributed by atoms with Crippen molar-refractivity contribution in [1.82, 2.24) is 15.5 Å². The zero-order valence-corrected chi connectivity index (χ0v) is 15.9. The lowest BCUT2D eigenvalue weighted by Gasteiger charge is -2.15. The Morgan fingerprint density at radius 2 is 1.96 bits per heavy atom. The molecule has 1 aromatic carbocycles. The third-order valence-electron chi connectivity index (χ3n) is 3.55. The summed E-state index contributed by atoms with van der Waals surface area (Å²) < 4.78 is 5.75. The molecule has 1 rings (SSSR count). The van der Waals surface area contributed by atoms with Crippen molar-refractivity contribution in [1.29, 1.82) is 0 Å². The molecular weight excluding hydrogens is 316 g/mol. The summed E-state index contributed by atoms with van der Waals surface area (Å²) in [6.45, 7) is 7.46. The van der Waals surface area contributed by atoms with E-state index in [4.69, 9.17) is 4.74 Å². The second-order valence-electron chi connectivity index (χ2n) is 6.29. The van der Waals surface area contributed by atoms with Gasteiger partial charge in [-0.15, -0.1) is 0 Å². The molecule has 25 heavy (non-hydrogen) atoms. The second kappa shape index (κ2) is 12.3. The summed E-state index contributed by atoms with van der Waals surface area (Å²) in [5.41, 5.74) is 1.18. The summed E-state index contributed by atoms with van der Waals surface area (Å²) >= 11 is 0. The van der Waals surface area contributed by atoms with Crippen molar-refractivity contribution in [2.45, 2.75) is 26.9 Å². The molecule has 1 aromatic rings. The molecule has 0 saturated carbocycles. The highest BCUT2D eigenvalue weighted by molar-refractivity contribution is 5.81. The highest BCUT2D eigenvalue weighted by Crippen LogP contribution is 2.03. The minimum atomic E-state index is 0.103. The molecule has 2 N–H and O–H groups in total. The first-order valence-corrected chi connectivity index (χ1v) is 8.87. The Labute approximate surface area is 151 Å². The van der Waals surface area contributed by atoms with Gasteiger partial charge in [-0.2, -0.15) is 0 Å². The standard InChI is InChI=1S/C19H32N4O2/c1-5-20-19(21-12-11-18(24)23(3)4)22-13-16(2)14-25-15-17-9-7-6-8-10-17/h6-10,16H,5,11-15H2,1-4H3,(H2,20,21,22). The van der Waals surface area contributed by atoms with Gasteiger partial charge in [0.2, 0.25) is 5.91 Å². The molecule has 0 aliphatic rings. The number of nitrogens with one attached hydrogen (secondary N) is 2. The van der Waals surface area contributed by atoms with Crippen LogP contribution in [0, 0.1) is 5.92 Å². The Balaban J connectivity index is 2.30. The van der Waals surface area contributed by atoms with Gasteiger partial charge < -0.3 is 20.3 Å². The smallest absolute Gasteiger partial charge is 0.223 e. The van der Waals surface area contributed by atoms with Gasteiger partial charge in [-0.05, 0) is 18.4 Å². The van der Waals surface area contributed by atoms with E-state index in [0.29, 0.717) is 38.6 Å². The predicted molar refractivity (Wildman–Crippen MR) is 103 cm³/mol. The molecule has 6 heteroatoms. The predicted octanol–water partition coefficient (Wildman–Crippen LogP) is 1.87. The van der Waals surface area contributed by atoms with Crippen LogP contribution in [-0.2, 0) is 16.1 Å². The zero-order valence-electron chi connectivity index (χ0n) is 15.9. The fourth-order valence-corrected chi connectivity index (χ4v) is 2.11. The fraction of sp³-hybridized carbons (Fsp3) is 0.579. The van der Waals surface area contributed by atoms with Crippen molar-refractivity contribution >= 4 is 11.9 Å². The van der Waals surface area contributed by atoms with Crippen molar-refractivity contribution in [2.24, 2.45) is 10.9 Å². The maximum Gasteiger partial charge on any atom is 0.223 e. The summed E-state index contributed by atoms with van der Waals surface area (Å²) in [5.74, 6) is 1.16. The summed E-state index contributed by atoms with van der Waals surface area (Å²) in [6.07, 6.45) is 0.452. The maximum absolute atomic E-state index is 11.6. The van der Waals surface area contributed by atoms with Crippen LogP contribution in [0.15, 0.2) is 35.3 Å². The normalized spacial score (nSPS) is 12.6. The van der Waals surface area contributed by atoms with Gasteiger partial charge in [0.25, 0.3) is 0 Å². The van der Waals surface area contributed by atoms with Crippen LogP contribution in [0.1, 0.15) is 25.8 Å². The third kappa shape index (κ3) is 9.72. The first kappa shape index (κ1) is 21.0. The van der Waals surface area contributed by atoms with Gasteiger partial charge >= 0.3 is 0 Å². The van der Waals surface area contributed by atoms with Crippen molar-refractivity contribution < 1.29 is 9.53 Å². The summed E-state index contributed by atoms with van der Waals surface area (Å²) in [7, 11) is 3.53. The first-order valence-electron chi connectivity index (χ1n) is 8.87. The van der Waals surface area contributed by atoms with E-state index in [9.17, 15) is 4.79 Å². The van der Waals surface area contributed by atoms with Crippen LogP contribution < -0.4 is 10.6 Å². The van der Waals surface area contributed by atoms with E-state index < -0.39 is 0 Å². The lowest BCUT2D eigenvalue weighted by Crippen LogP contribution is -2.39. The molecule has 1 unspecified atom stereocenters. The van der Waals surface area contributed by atoms with Gasteiger partial charge in [-0.25, -0.2) is 0 Å². The molecule has 1 amide bonds. The van der Waals surface area contributed by atoms with Crippen molar-refractivity contribution in [3.8, 4) is 0 Å². The maximum atomic E-state index is 11.6. The van der Waals surface area contributed by atoms with Crippen LogP contribution >= 0.6 is 0 Å². The molecule has 0 fully saturated rings. The number of carbonyl (C=O) groups excluding carboxylic acids is 1.